The molecule has 2 aromatic rings. The monoisotopic (exact) mass is 246 g/mol. The molecule has 0 aliphatic heterocycles. The van der Waals surface area contributed by atoms with Crippen molar-refractivity contribution >= 4 is 17.3 Å². The minimum absolute atomic E-state index is 0.662. The lowest BCUT2D eigenvalue weighted by molar-refractivity contribution is 1.26. The van der Waals surface area contributed by atoms with Crippen LogP contribution >= 0.6 is 11.6 Å². The third-order valence-corrected chi connectivity index (χ3v) is 3.21. The summed E-state index contributed by atoms with van der Waals surface area (Å²) < 4.78 is 0. The van der Waals surface area contributed by atoms with Gasteiger partial charge in [0, 0.05) is 11.8 Å². The number of anilines is 1. The van der Waals surface area contributed by atoms with Crippen LogP contribution in [-0.4, -0.2) is 4.98 Å². The van der Waals surface area contributed by atoms with Gasteiger partial charge < -0.3 is 5.73 Å². The molecule has 0 aliphatic rings. The molecule has 0 radical (unpaired) electrons. The molecule has 0 bridgehead atoms. The van der Waals surface area contributed by atoms with Gasteiger partial charge in [-0.15, -0.1) is 0 Å². The first-order valence-electron chi connectivity index (χ1n) is 5.48. The van der Waals surface area contributed by atoms with Gasteiger partial charge in [-0.05, 0) is 55.7 Å². The standard InChI is InChI=1S/C14H15ClN2/c1-8-4-13(16)14(17-7-8)11-5-9(2)10(3)6-12(11)15/h4-7H,16H2,1-3H3. The van der Waals surface area contributed by atoms with Gasteiger partial charge in [0.2, 0.25) is 0 Å². The van der Waals surface area contributed by atoms with E-state index in [9.17, 15) is 0 Å². The molecule has 0 amide bonds. The molecule has 88 valence electrons. The average molecular weight is 247 g/mol. The van der Waals surface area contributed by atoms with Crippen LogP contribution in [0, 0.1) is 20.8 Å². The summed E-state index contributed by atoms with van der Waals surface area (Å²) in [6, 6.07) is 5.90. The Balaban J connectivity index is 2.64. The second kappa shape index (κ2) is 4.38. The maximum Gasteiger partial charge on any atom is 0.0946 e. The van der Waals surface area contributed by atoms with E-state index in [1.165, 1.54) is 11.1 Å². The first-order chi connectivity index (χ1) is 7.99. The van der Waals surface area contributed by atoms with Crippen molar-refractivity contribution in [2.24, 2.45) is 0 Å². The van der Waals surface area contributed by atoms with Crippen LogP contribution in [0.1, 0.15) is 16.7 Å². The molecule has 0 saturated carbocycles. The van der Waals surface area contributed by atoms with E-state index in [0.717, 1.165) is 16.8 Å². The molecule has 0 atom stereocenters. The van der Waals surface area contributed by atoms with Gasteiger partial charge in [-0.2, -0.15) is 0 Å². The maximum atomic E-state index is 6.25. The van der Waals surface area contributed by atoms with E-state index < -0.39 is 0 Å². The Kier molecular flexibility index (Phi) is 3.07. The van der Waals surface area contributed by atoms with E-state index in [1.54, 1.807) is 6.20 Å². The van der Waals surface area contributed by atoms with Crippen LogP contribution in [0.3, 0.4) is 0 Å². The Bertz CT molecular complexity index is 577. The van der Waals surface area contributed by atoms with Crippen molar-refractivity contribution in [2.75, 3.05) is 5.73 Å². The number of halogens is 1. The fourth-order valence-electron chi connectivity index (χ4n) is 1.78. The summed E-state index contributed by atoms with van der Waals surface area (Å²) in [6.07, 6.45) is 1.80. The van der Waals surface area contributed by atoms with E-state index in [1.807, 2.05) is 32.0 Å². The van der Waals surface area contributed by atoms with Gasteiger partial charge in [-0.1, -0.05) is 11.6 Å². The van der Waals surface area contributed by atoms with Crippen LogP contribution in [0.4, 0.5) is 5.69 Å². The maximum absolute atomic E-state index is 6.25. The molecule has 1 heterocycles. The van der Waals surface area contributed by atoms with Crippen molar-refractivity contribution in [2.45, 2.75) is 20.8 Å². The molecule has 0 aliphatic carbocycles. The quantitative estimate of drug-likeness (QED) is 0.829. The predicted octanol–water partition coefficient (Wildman–Crippen LogP) is 3.91. The zero-order chi connectivity index (χ0) is 12.6. The second-order valence-corrected chi connectivity index (χ2v) is 4.77. The number of aryl methyl sites for hydroxylation is 3. The molecule has 0 saturated heterocycles. The molecule has 1 aromatic heterocycles. The van der Waals surface area contributed by atoms with Gasteiger partial charge in [0.25, 0.3) is 0 Å². The zero-order valence-electron chi connectivity index (χ0n) is 10.2. The van der Waals surface area contributed by atoms with Crippen molar-refractivity contribution in [1.29, 1.82) is 0 Å². The molecule has 0 spiro atoms. The molecule has 3 heteroatoms. The number of pyridine rings is 1. The van der Waals surface area contributed by atoms with Gasteiger partial charge in [0.15, 0.2) is 0 Å². The van der Waals surface area contributed by atoms with Crippen molar-refractivity contribution in [3.63, 3.8) is 0 Å². The molecule has 2 rings (SSSR count). The number of hydrogen-bond donors (Lipinski definition) is 1. The highest BCUT2D eigenvalue weighted by atomic mass is 35.5. The van der Waals surface area contributed by atoms with Crippen LogP contribution in [0.2, 0.25) is 5.02 Å². The minimum atomic E-state index is 0.662. The van der Waals surface area contributed by atoms with Crippen molar-refractivity contribution < 1.29 is 0 Å². The van der Waals surface area contributed by atoms with E-state index in [0.29, 0.717) is 10.7 Å². The van der Waals surface area contributed by atoms with Gasteiger partial charge in [-0.25, -0.2) is 0 Å². The fraction of sp³-hybridized carbons (Fsp3) is 0.214. The van der Waals surface area contributed by atoms with Crippen LogP contribution in [0.5, 0.6) is 0 Å². The molecule has 1 aromatic carbocycles. The number of benzene rings is 1. The summed E-state index contributed by atoms with van der Waals surface area (Å²) in [5.41, 5.74) is 11.7. The molecule has 2 nitrogen and oxygen atoms in total. The van der Waals surface area contributed by atoms with Gasteiger partial charge in [-0.3, -0.25) is 4.98 Å². The normalized spacial score (nSPS) is 10.6. The zero-order valence-corrected chi connectivity index (χ0v) is 11.0. The summed E-state index contributed by atoms with van der Waals surface area (Å²) in [5, 5.41) is 0.691. The highest BCUT2D eigenvalue weighted by Crippen LogP contribution is 2.32. The molecule has 17 heavy (non-hydrogen) atoms. The van der Waals surface area contributed by atoms with Crippen molar-refractivity contribution in [3.05, 3.63) is 46.1 Å². The molecular weight excluding hydrogens is 232 g/mol. The lowest BCUT2D eigenvalue weighted by atomic mass is 10.0. The molecular formula is C14H15ClN2. The Labute approximate surface area is 106 Å². The number of aromatic nitrogens is 1. The number of hydrogen-bond acceptors (Lipinski definition) is 2. The first-order valence-corrected chi connectivity index (χ1v) is 5.86. The smallest absolute Gasteiger partial charge is 0.0946 e. The molecule has 2 N–H and O–H groups in total. The summed E-state index contributed by atoms with van der Waals surface area (Å²) in [5.74, 6) is 0. The second-order valence-electron chi connectivity index (χ2n) is 4.37. The van der Waals surface area contributed by atoms with Gasteiger partial charge in [0.05, 0.1) is 16.4 Å². The van der Waals surface area contributed by atoms with Crippen LogP contribution in [0.25, 0.3) is 11.3 Å². The first kappa shape index (κ1) is 11.9. The van der Waals surface area contributed by atoms with E-state index in [-0.39, 0.29) is 0 Å². The Morgan fingerprint density at radius 2 is 1.71 bits per heavy atom. The average Bonchev–Trinajstić information content (AvgIpc) is 2.24. The molecule has 0 unspecified atom stereocenters. The van der Waals surface area contributed by atoms with E-state index in [2.05, 4.69) is 11.9 Å². The fourth-order valence-corrected chi connectivity index (χ4v) is 2.09. The number of nitrogens with zero attached hydrogens (tertiary/aromatic N) is 1. The predicted molar refractivity (Wildman–Crippen MR) is 73.3 cm³/mol. The topological polar surface area (TPSA) is 38.9 Å². The van der Waals surface area contributed by atoms with Crippen LogP contribution < -0.4 is 5.73 Å². The van der Waals surface area contributed by atoms with Crippen LogP contribution in [0.15, 0.2) is 24.4 Å². The lowest BCUT2D eigenvalue weighted by Crippen LogP contribution is -1.96. The highest BCUT2D eigenvalue weighted by Gasteiger charge is 2.10. The van der Waals surface area contributed by atoms with Gasteiger partial charge >= 0.3 is 0 Å². The Hall–Kier alpha value is -1.54. The van der Waals surface area contributed by atoms with Gasteiger partial charge in [0.1, 0.15) is 0 Å². The summed E-state index contributed by atoms with van der Waals surface area (Å²) in [6.45, 7) is 6.06. The third-order valence-electron chi connectivity index (χ3n) is 2.89. The Morgan fingerprint density at radius 1 is 1.06 bits per heavy atom. The summed E-state index contributed by atoms with van der Waals surface area (Å²) in [4.78, 5) is 4.37. The van der Waals surface area contributed by atoms with Crippen LogP contribution in [-0.2, 0) is 0 Å². The minimum Gasteiger partial charge on any atom is -0.397 e. The number of nitrogens with two attached hydrogens (primary N) is 1. The number of rotatable bonds is 1. The van der Waals surface area contributed by atoms with E-state index >= 15 is 0 Å². The SMILES string of the molecule is Cc1cnc(-c2cc(C)c(C)cc2Cl)c(N)c1. The highest BCUT2D eigenvalue weighted by molar-refractivity contribution is 6.33. The molecule has 0 fully saturated rings. The van der Waals surface area contributed by atoms with Crippen molar-refractivity contribution in [1.82, 2.24) is 4.98 Å². The van der Waals surface area contributed by atoms with E-state index in [4.69, 9.17) is 17.3 Å². The Morgan fingerprint density at radius 3 is 2.35 bits per heavy atom. The van der Waals surface area contributed by atoms with Crippen molar-refractivity contribution in [3.8, 4) is 11.3 Å². The summed E-state index contributed by atoms with van der Waals surface area (Å²) >= 11 is 6.25. The largest absolute Gasteiger partial charge is 0.397 e. The number of nitrogen functional groups attached to an aromatic ring is 1. The third kappa shape index (κ3) is 2.27. The lowest BCUT2D eigenvalue weighted by Gasteiger charge is -2.10. The summed E-state index contributed by atoms with van der Waals surface area (Å²) in [7, 11) is 0.